The summed E-state index contributed by atoms with van der Waals surface area (Å²) in [7, 11) is 0. The number of ether oxygens (including phenoxy) is 2. The zero-order valence-electron chi connectivity index (χ0n) is 29.6. The van der Waals surface area contributed by atoms with Crippen molar-refractivity contribution in [3.8, 4) is 23.0 Å². The summed E-state index contributed by atoms with van der Waals surface area (Å²) in [6, 6.07) is 13.6. The summed E-state index contributed by atoms with van der Waals surface area (Å²) >= 11 is 0. The number of phenols is 4. The van der Waals surface area contributed by atoms with Crippen molar-refractivity contribution in [3.63, 3.8) is 0 Å². The predicted octanol–water partition coefficient (Wildman–Crippen LogP) is -0.909. The molecule has 4 aliphatic rings. The maximum Gasteiger partial charge on any atom is 0.235 e. The molecule has 12 atom stereocenters. The van der Waals surface area contributed by atoms with Gasteiger partial charge < -0.3 is 75.9 Å². The molecule has 2 aliphatic carbocycles. The Bertz CT molecular complexity index is 2130. The minimum absolute atomic E-state index is 0.0279. The second kappa shape index (κ2) is 15.3. The van der Waals surface area contributed by atoms with E-state index in [1.807, 2.05) is 0 Å². The van der Waals surface area contributed by atoms with Gasteiger partial charge in [0, 0.05) is 23.0 Å². The molecule has 13 N–H and O–H groups in total. The highest BCUT2D eigenvalue weighted by atomic mass is 16.6. The monoisotopic (exact) mass is 792 g/mol. The number of hydrogen-bond donors (Lipinski definition) is 13. The Balaban J connectivity index is 1.48. The second-order valence-corrected chi connectivity index (χ2v) is 14.4. The normalized spacial score (nSPS) is 33.9. The molecule has 2 aliphatic heterocycles. The average molecular weight is 793 g/mol. The molecule has 2 saturated heterocycles. The van der Waals surface area contributed by atoms with Crippen molar-refractivity contribution >= 4 is 17.6 Å². The molecule has 17 nitrogen and oxygen atoms in total. The van der Waals surface area contributed by atoms with E-state index in [-0.39, 0.29) is 33.8 Å². The topological polar surface area (TPSA) is 316 Å². The van der Waals surface area contributed by atoms with E-state index < -0.39 is 126 Å². The molecular weight excluding hydrogens is 752 g/mol. The minimum Gasteiger partial charge on any atom is -0.508 e. The molecule has 0 saturated carbocycles. The Morgan fingerprint density at radius 2 is 1.04 bits per heavy atom. The molecule has 0 unspecified atom stereocenters. The lowest BCUT2D eigenvalue weighted by atomic mass is 9.76. The molecule has 2 heterocycles. The molecule has 3 aromatic carbocycles. The number of carbonyl (C=O) groups is 2. The van der Waals surface area contributed by atoms with Crippen LogP contribution in [0.3, 0.4) is 0 Å². The maximum atomic E-state index is 14.4. The number of benzene rings is 3. The molecule has 0 aromatic heterocycles. The molecule has 17 heteroatoms. The molecule has 0 amide bonds. The van der Waals surface area contributed by atoms with Gasteiger partial charge in [0.25, 0.3) is 0 Å². The highest BCUT2D eigenvalue weighted by molar-refractivity contribution is 6.52. The van der Waals surface area contributed by atoms with Crippen LogP contribution < -0.4 is 0 Å². The third-order valence-corrected chi connectivity index (χ3v) is 11.1. The average Bonchev–Trinajstić information content (AvgIpc) is 3.52. The Morgan fingerprint density at radius 3 is 1.56 bits per heavy atom. The molecule has 0 spiro atoms. The van der Waals surface area contributed by atoms with Crippen LogP contribution in [-0.4, -0.2) is 146 Å². The molecular formula is C40H40O17. The maximum absolute atomic E-state index is 14.4. The van der Waals surface area contributed by atoms with E-state index in [1.54, 1.807) is 0 Å². The SMILES string of the molecule is O=C1C(=O)C([C@@H]2O[C@H](CO)[C@@H](O)[C@H](O)[C@H]2O)=C(O)C2=C1/C(=C/c1ccc(O)cc1)[C@H](c1ccc(O)cc1)[C@H]2c1cc(O)c([C@@H]2O[C@H](CO)[C@@H](O)[C@H](O)[C@H]2O)c(O)c1. The van der Waals surface area contributed by atoms with Crippen molar-refractivity contribution < 1.29 is 85.4 Å². The standard InChI is InChI=1S/C40H40O17/c41-12-22-30(47)35(52)37(54)39(56-22)27-20(45)10-16(11-21(27)46)25-24(15-3-7-18(44)8-4-15)19(9-14-1-5-17(43)6-2-14)26-28(25)32(49)29(34(51)33(26)50)40-38(55)36(53)31(48)23(13-42)57-40/h1-11,22-25,30-31,35-49,52-55H,12-13H2/b19-9+/t22-,23-,24+,25-,30-,31-,35+,36+,37-,38-,39+,40+/m1/s1. The first-order valence-corrected chi connectivity index (χ1v) is 17.8. The summed E-state index contributed by atoms with van der Waals surface area (Å²) in [5.41, 5.74) is -1.01. The van der Waals surface area contributed by atoms with Gasteiger partial charge in [-0.25, -0.2) is 0 Å². The fraction of sp³-hybridized carbons (Fsp3) is 0.350. The number of allylic oxidation sites excluding steroid dienone is 3. The van der Waals surface area contributed by atoms with Crippen LogP contribution in [0.25, 0.3) is 6.08 Å². The van der Waals surface area contributed by atoms with Crippen LogP contribution in [0.4, 0.5) is 0 Å². The highest BCUT2D eigenvalue weighted by Crippen LogP contribution is 2.59. The molecule has 57 heavy (non-hydrogen) atoms. The molecule has 2 fully saturated rings. The Hall–Kier alpha value is -5.18. The number of ketones is 2. The number of carbonyl (C=O) groups excluding carboxylic acids is 2. The summed E-state index contributed by atoms with van der Waals surface area (Å²) < 4.78 is 11.2. The van der Waals surface area contributed by atoms with Gasteiger partial charge in [-0.1, -0.05) is 30.3 Å². The van der Waals surface area contributed by atoms with E-state index in [2.05, 4.69) is 0 Å². The fourth-order valence-corrected chi connectivity index (χ4v) is 8.20. The molecule has 3 aromatic rings. The van der Waals surface area contributed by atoms with Crippen molar-refractivity contribution in [2.45, 2.75) is 72.9 Å². The largest absolute Gasteiger partial charge is 0.508 e. The van der Waals surface area contributed by atoms with Crippen LogP contribution in [0, 0.1) is 0 Å². The van der Waals surface area contributed by atoms with Gasteiger partial charge in [0.15, 0.2) is 0 Å². The summed E-state index contributed by atoms with van der Waals surface area (Å²) in [6.07, 6.45) is -16.6. The lowest BCUT2D eigenvalue weighted by Gasteiger charge is -2.41. The first kappa shape index (κ1) is 40.0. The summed E-state index contributed by atoms with van der Waals surface area (Å²) in [6.45, 7) is -1.70. The second-order valence-electron chi connectivity index (χ2n) is 14.4. The molecule has 302 valence electrons. The Labute approximate surface area is 322 Å². The number of aliphatic hydroxyl groups is 9. The molecule has 0 radical (unpaired) electrons. The van der Waals surface area contributed by atoms with E-state index in [1.165, 1.54) is 54.6 Å². The van der Waals surface area contributed by atoms with Crippen LogP contribution in [-0.2, 0) is 19.1 Å². The van der Waals surface area contributed by atoms with Gasteiger partial charge in [-0.05, 0) is 58.7 Å². The first-order chi connectivity index (χ1) is 27.1. The van der Waals surface area contributed by atoms with E-state index in [4.69, 9.17) is 9.47 Å². The predicted molar refractivity (Wildman–Crippen MR) is 193 cm³/mol. The third kappa shape index (κ3) is 6.66. The van der Waals surface area contributed by atoms with Crippen molar-refractivity contribution in [3.05, 3.63) is 111 Å². The van der Waals surface area contributed by atoms with Crippen LogP contribution in [0.15, 0.2) is 88.7 Å². The van der Waals surface area contributed by atoms with E-state index >= 15 is 0 Å². The van der Waals surface area contributed by atoms with Gasteiger partial charge in [-0.15, -0.1) is 0 Å². The van der Waals surface area contributed by atoms with Crippen molar-refractivity contribution in [1.29, 1.82) is 0 Å². The number of phenolic OH excluding ortho intramolecular Hbond substituents is 4. The number of aromatic hydroxyl groups is 4. The van der Waals surface area contributed by atoms with Gasteiger partial charge in [-0.3, -0.25) is 9.59 Å². The van der Waals surface area contributed by atoms with Crippen molar-refractivity contribution in [2.75, 3.05) is 13.2 Å². The summed E-state index contributed by atoms with van der Waals surface area (Å²) in [4.78, 5) is 28.5. The fourth-order valence-electron chi connectivity index (χ4n) is 8.20. The van der Waals surface area contributed by atoms with Gasteiger partial charge >= 0.3 is 0 Å². The van der Waals surface area contributed by atoms with E-state index in [0.717, 1.165) is 12.1 Å². The minimum atomic E-state index is -2.09. The van der Waals surface area contributed by atoms with Gasteiger partial charge in [0.05, 0.1) is 24.4 Å². The number of Topliss-reactive ketones (excluding diaryl/α,β-unsaturated/α-hetero) is 2. The van der Waals surface area contributed by atoms with Crippen molar-refractivity contribution in [2.24, 2.45) is 0 Å². The third-order valence-electron chi connectivity index (χ3n) is 11.1. The van der Waals surface area contributed by atoms with Crippen LogP contribution >= 0.6 is 0 Å². The zero-order chi connectivity index (χ0) is 41.2. The highest BCUT2D eigenvalue weighted by Gasteiger charge is 2.55. The van der Waals surface area contributed by atoms with Gasteiger partial charge in [0.2, 0.25) is 11.6 Å². The quantitative estimate of drug-likeness (QED) is 0.102. The lowest BCUT2D eigenvalue weighted by molar-refractivity contribution is -0.232. The van der Waals surface area contributed by atoms with Gasteiger partial charge in [0.1, 0.15) is 89.8 Å². The Morgan fingerprint density at radius 1 is 0.544 bits per heavy atom. The number of rotatable bonds is 7. The van der Waals surface area contributed by atoms with Crippen molar-refractivity contribution in [1.82, 2.24) is 0 Å². The van der Waals surface area contributed by atoms with Gasteiger partial charge in [-0.2, -0.15) is 0 Å². The molecule has 0 bridgehead atoms. The summed E-state index contributed by atoms with van der Waals surface area (Å²) in [5.74, 6) is -7.61. The smallest absolute Gasteiger partial charge is 0.235 e. The van der Waals surface area contributed by atoms with Crippen LogP contribution in [0.2, 0.25) is 0 Å². The van der Waals surface area contributed by atoms with E-state index in [0.29, 0.717) is 11.1 Å². The zero-order valence-corrected chi connectivity index (χ0v) is 29.6. The number of aliphatic hydroxyl groups excluding tert-OH is 9. The van der Waals surface area contributed by atoms with E-state index in [9.17, 15) is 76.0 Å². The summed E-state index contributed by atoms with van der Waals surface area (Å²) in [5, 5.41) is 139. The molecule has 7 rings (SSSR count). The van der Waals surface area contributed by atoms with Crippen LogP contribution in [0.1, 0.15) is 40.2 Å². The first-order valence-electron chi connectivity index (χ1n) is 17.8. The van der Waals surface area contributed by atoms with Crippen LogP contribution in [0.5, 0.6) is 23.0 Å². The lowest BCUT2D eigenvalue weighted by Crippen LogP contribution is -2.60. The Kier molecular flexibility index (Phi) is 10.7. The number of hydrogen-bond acceptors (Lipinski definition) is 17.